The topological polar surface area (TPSA) is 100 Å². The number of pyridine rings is 1. The minimum absolute atomic E-state index is 0.0114. The summed E-state index contributed by atoms with van der Waals surface area (Å²) in [6.07, 6.45) is 4.53. The Balaban J connectivity index is 1.63. The molecule has 0 aromatic carbocycles. The van der Waals surface area contributed by atoms with Crippen LogP contribution in [-0.2, 0) is 16.0 Å². The van der Waals surface area contributed by atoms with Crippen molar-refractivity contribution in [2.24, 2.45) is 0 Å². The third-order valence-electron chi connectivity index (χ3n) is 4.96. The number of thiazole rings is 1. The summed E-state index contributed by atoms with van der Waals surface area (Å²) in [4.78, 5) is 21.0. The zero-order valence-corrected chi connectivity index (χ0v) is 17.5. The van der Waals surface area contributed by atoms with Crippen molar-refractivity contribution >= 4 is 32.6 Å². The molecule has 1 aliphatic heterocycles. The van der Waals surface area contributed by atoms with Gasteiger partial charge in [-0.15, -0.1) is 0 Å². The van der Waals surface area contributed by atoms with E-state index in [4.69, 9.17) is 14.2 Å². The highest BCUT2D eigenvalue weighted by atomic mass is 32.1. The van der Waals surface area contributed by atoms with Gasteiger partial charge in [0, 0.05) is 32.1 Å². The molecule has 1 N–H and O–H groups in total. The molecule has 9 nitrogen and oxygen atoms in total. The van der Waals surface area contributed by atoms with Crippen molar-refractivity contribution in [1.29, 1.82) is 0 Å². The number of hydrogen-bond donors (Lipinski definition) is 1. The van der Waals surface area contributed by atoms with Crippen LogP contribution in [-0.4, -0.2) is 59.7 Å². The Hall–Kier alpha value is -2.63. The molecular formula is C19H22FN5O4S. The fourth-order valence-corrected chi connectivity index (χ4v) is 4.50. The second-order valence-electron chi connectivity index (χ2n) is 6.85. The Bertz CT molecular complexity index is 1050. The number of rotatable bonds is 7. The van der Waals surface area contributed by atoms with E-state index in [1.807, 2.05) is 0 Å². The van der Waals surface area contributed by atoms with Crippen molar-refractivity contribution in [3.63, 3.8) is 0 Å². The lowest BCUT2D eigenvalue weighted by molar-refractivity contribution is 0.0847. The molecule has 0 atom stereocenters. The summed E-state index contributed by atoms with van der Waals surface area (Å²) in [6, 6.07) is 0. The van der Waals surface area contributed by atoms with Gasteiger partial charge in [-0.3, -0.25) is 14.8 Å². The standard InChI is InChI=1S/C19H22FN5O4S/c1-27-8-5-25-10-12(9-21-25)17(26)24-19-22-14-15(30-19)13(11-3-6-29-7-4-11)16(20)23-18(14)28-2/h9-11H,3-8H2,1-2H3,(H,22,24,26). The molecule has 1 fully saturated rings. The zero-order valence-electron chi connectivity index (χ0n) is 16.7. The predicted octanol–water partition coefficient (Wildman–Crippen LogP) is 2.83. The first-order valence-corrected chi connectivity index (χ1v) is 10.4. The summed E-state index contributed by atoms with van der Waals surface area (Å²) in [5.74, 6) is -0.824. The Morgan fingerprint density at radius 2 is 2.17 bits per heavy atom. The lowest BCUT2D eigenvalue weighted by Gasteiger charge is -2.22. The van der Waals surface area contributed by atoms with Crippen molar-refractivity contribution < 1.29 is 23.4 Å². The molecule has 0 unspecified atom stereocenters. The summed E-state index contributed by atoms with van der Waals surface area (Å²) in [6.45, 7) is 2.19. The van der Waals surface area contributed by atoms with Gasteiger partial charge < -0.3 is 14.2 Å². The molecule has 0 radical (unpaired) electrons. The molecule has 3 aromatic heterocycles. The maximum atomic E-state index is 14.8. The highest BCUT2D eigenvalue weighted by Gasteiger charge is 2.27. The number of amides is 1. The number of methoxy groups -OCH3 is 2. The van der Waals surface area contributed by atoms with Gasteiger partial charge in [0.15, 0.2) is 5.13 Å². The third kappa shape index (κ3) is 4.13. The maximum absolute atomic E-state index is 14.8. The number of aromatic nitrogens is 4. The van der Waals surface area contributed by atoms with Crippen LogP contribution in [0.25, 0.3) is 10.2 Å². The van der Waals surface area contributed by atoms with Crippen molar-refractivity contribution in [1.82, 2.24) is 19.7 Å². The van der Waals surface area contributed by atoms with Crippen LogP contribution in [0.2, 0.25) is 0 Å². The Labute approximate surface area is 176 Å². The highest BCUT2D eigenvalue weighted by molar-refractivity contribution is 7.22. The number of hydrogen-bond acceptors (Lipinski definition) is 8. The van der Waals surface area contributed by atoms with E-state index in [1.54, 1.807) is 18.0 Å². The molecule has 30 heavy (non-hydrogen) atoms. The van der Waals surface area contributed by atoms with Gasteiger partial charge in [0.1, 0.15) is 5.52 Å². The summed E-state index contributed by atoms with van der Waals surface area (Å²) in [5, 5.41) is 7.26. The van der Waals surface area contributed by atoms with Gasteiger partial charge in [-0.1, -0.05) is 11.3 Å². The van der Waals surface area contributed by atoms with Crippen LogP contribution in [0.4, 0.5) is 9.52 Å². The van der Waals surface area contributed by atoms with Crippen LogP contribution in [0, 0.1) is 5.95 Å². The van der Waals surface area contributed by atoms with Crippen LogP contribution >= 0.6 is 11.3 Å². The van der Waals surface area contributed by atoms with Crippen LogP contribution < -0.4 is 10.1 Å². The van der Waals surface area contributed by atoms with Crippen LogP contribution in [0.15, 0.2) is 12.4 Å². The van der Waals surface area contributed by atoms with Gasteiger partial charge in [0.25, 0.3) is 5.91 Å². The van der Waals surface area contributed by atoms with Gasteiger partial charge in [0.2, 0.25) is 11.8 Å². The average Bonchev–Trinajstić information content (AvgIpc) is 3.39. The van der Waals surface area contributed by atoms with E-state index in [1.165, 1.54) is 24.6 Å². The number of fused-ring (bicyclic) bond motifs is 1. The summed E-state index contributed by atoms with van der Waals surface area (Å²) in [5.41, 5.74) is 1.35. The van der Waals surface area contributed by atoms with E-state index in [2.05, 4.69) is 20.4 Å². The monoisotopic (exact) mass is 435 g/mol. The minimum atomic E-state index is -0.563. The van der Waals surface area contributed by atoms with Crippen LogP contribution in [0.3, 0.4) is 0 Å². The van der Waals surface area contributed by atoms with Crippen molar-refractivity contribution in [3.8, 4) is 5.88 Å². The molecule has 1 aliphatic rings. The smallest absolute Gasteiger partial charge is 0.260 e. The molecule has 0 aliphatic carbocycles. The lowest BCUT2D eigenvalue weighted by atomic mass is 9.92. The number of ether oxygens (including phenoxy) is 3. The first-order chi connectivity index (χ1) is 14.6. The SMILES string of the molecule is COCCn1cc(C(=O)Nc2nc3c(OC)nc(F)c(C4CCOCC4)c3s2)cn1. The quantitative estimate of drug-likeness (QED) is 0.570. The number of nitrogens with zero attached hydrogens (tertiary/aromatic N) is 4. The van der Waals surface area contributed by atoms with Crippen molar-refractivity contribution in [2.45, 2.75) is 25.3 Å². The molecular weight excluding hydrogens is 413 g/mol. The predicted molar refractivity (Wildman–Crippen MR) is 109 cm³/mol. The minimum Gasteiger partial charge on any atom is -0.479 e. The molecule has 4 heterocycles. The van der Waals surface area contributed by atoms with E-state index in [9.17, 15) is 9.18 Å². The molecule has 0 saturated carbocycles. The van der Waals surface area contributed by atoms with E-state index >= 15 is 0 Å². The summed E-state index contributed by atoms with van der Waals surface area (Å²) >= 11 is 1.21. The average molecular weight is 435 g/mol. The zero-order chi connectivity index (χ0) is 21.1. The van der Waals surface area contributed by atoms with Crippen molar-refractivity contribution in [2.75, 3.05) is 39.4 Å². The van der Waals surface area contributed by atoms with Gasteiger partial charge in [0.05, 0.1) is 36.7 Å². The summed E-state index contributed by atoms with van der Waals surface area (Å²) in [7, 11) is 3.02. The number of anilines is 1. The molecule has 3 aromatic rings. The summed E-state index contributed by atoms with van der Waals surface area (Å²) < 4.78 is 32.7. The van der Waals surface area contributed by atoms with E-state index < -0.39 is 5.95 Å². The Morgan fingerprint density at radius 3 is 2.90 bits per heavy atom. The normalized spacial score (nSPS) is 14.9. The van der Waals surface area contributed by atoms with Crippen molar-refractivity contribution in [3.05, 3.63) is 29.5 Å². The number of carbonyl (C=O) groups excluding carboxylic acids is 1. The third-order valence-corrected chi connectivity index (χ3v) is 5.96. The number of nitrogens with one attached hydrogen (secondary N) is 1. The fraction of sp³-hybridized carbons (Fsp3) is 0.474. The van der Waals surface area contributed by atoms with E-state index in [0.29, 0.717) is 65.7 Å². The largest absolute Gasteiger partial charge is 0.479 e. The molecule has 4 rings (SSSR count). The molecule has 1 amide bonds. The Morgan fingerprint density at radius 1 is 1.37 bits per heavy atom. The molecule has 1 saturated heterocycles. The maximum Gasteiger partial charge on any atom is 0.260 e. The first-order valence-electron chi connectivity index (χ1n) is 9.55. The lowest BCUT2D eigenvalue weighted by Crippen LogP contribution is -2.16. The van der Waals surface area contributed by atoms with Gasteiger partial charge in [-0.2, -0.15) is 14.5 Å². The van der Waals surface area contributed by atoms with Crippen LogP contribution in [0.5, 0.6) is 5.88 Å². The van der Waals surface area contributed by atoms with E-state index in [-0.39, 0.29) is 17.7 Å². The van der Waals surface area contributed by atoms with Gasteiger partial charge in [-0.25, -0.2) is 4.98 Å². The molecule has 0 spiro atoms. The highest BCUT2D eigenvalue weighted by Crippen LogP contribution is 2.41. The van der Waals surface area contributed by atoms with Gasteiger partial charge >= 0.3 is 0 Å². The Kier molecular flexibility index (Phi) is 6.21. The molecule has 160 valence electrons. The van der Waals surface area contributed by atoms with E-state index in [0.717, 1.165) is 0 Å². The van der Waals surface area contributed by atoms with Crippen LogP contribution in [0.1, 0.15) is 34.7 Å². The number of halogens is 1. The first kappa shape index (κ1) is 20.6. The second-order valence-corrected chi connectivity index (χ2v) is 7.85. The number of carbonyl (C=O) groups is 1. The van der Waals surface area contributed by atoms with Gasteiger partial charge in [-0.05, 0) is 18.8 Å². The molecule has 11 heteroatoms. The fourth-order valence-electron chi connectivity index (χ4n) is 3.44. The second kappa shape index (κ2) is 9.02. The molecule has 0 bridgehead atoms.